The number of carbonyl (C=O) groups is 2. The third-order valence-electron chi connectivity index (χ3n) is 8.93. The summed E-state index contributed by atoms with van der Waals surface area (Å²) < 4.78 is 45.3. The number of thiophene rings is 1. The van der Waals surface area contributed by atoms with E-state index >= 15 is 0 Å². The van der Waals surface area contributed by atoms with Crippen LogP contribution in [0.15, 0.2) is 24.3 Å². The molecule has 2 aliphatic carbocycles. The highest BCUT2D eigenvalue weighted by Gasteiger charge is 2.37. The highest BCUT2D eigenvalue weighted by Crippen LogP contribution is 2.49. The number of hydrogen-bond acceptors (Lipinski definition) is 7. The second-order valence-electron chi connectivity index (χ2n) is 12.6. The summed E-state index contributed by atoms with van der Waals surface area (Å²) in [5.74, 6) is -1.26. The van der Waals surface area contributed by atoms with Gasteiger partial charge in [-0.05, 0) is 87.6 Å². The Hall–Kier alpha value is -2.40. The van der Waals surface area contributed by atoms with E-state index in [1.165, 1.54) is 11.3 Å². The van der Waals surface area contributed by atoms with Gasteiger partial charge < -0.3 is 19.1 Å². The zero-order valence-corrected chi connectivity index (χ0v) is 26.3. The molecule has 1 aromatic heterocycles. The Kier molecular flexibility index (Phi) is 10.5. The Morgan fingerprint density at radius 2 is 1.84 bits per heavy atom. The van der Waals surface area contributed by atoms with E-state index < -0.39 is 12.0 Å². The molecule has 0 atom stereocenters. The zero-order chi connectivity index (χ0) is 30.6. The highest BCUT2D eigenvalue weighted by atomic mass is 32.1. The summed E-state index contributed by atoms with van der Waals surface area (Å²) in [7, 11) is 3.18. The molecule has 7 nitrogen and oxygen atoms in total. The second-order valence-corrected chi connectivity index (χ2v) is 13.7. The molecule has 3 fully saturated rings. The van der Waals surface area contributed by atoms with Gasteiger partial charge in [0, 0.05) is 49.1 Å². The number of rotatable bonds is 13. The molecule has 236 valence electrons. The van der Waals surface area contributed by atoms with Gasteiger partial charge in [-0.1, -0.05) is 6.92 Å². The normalized spacial score (nSPS) is 22.5. The van der Waals surface area contributed by atoms with Crippen molar-refractivity contribution in [3.8, 4) is 10.8 Å². The van der Waals surface area contributed by atoms with Gasteiger partial charge in [-0.15, -0.1) is 11.3 Å². The minimum absolute atomic E-state index is 0.00928. The third-order valence-corrected chi connectivity index (χ3v) is 9.94. The number of halogens is 2. The van der Waals surface area contributed by atoms with Crippen molar-refractivity contribution in [1.82, 2.24) is 4.90 Å². The van der Waals surface area contributed by atoms with E-state index in [9.17, 15) is 18.4 Å². The lowest BCUT2D eigenvalue weighted by molar-refractivity contribution is -0.124. The number of likely N-dealkylation sites (tertiary alicyclic amines) is 1. The minimum Gasteiger partial charge on any atom is -0.446 e. The first-order valence-corrected chi connectivity index (χ1v) is 16.3. The van der Waals surface area contributed by atoms with Crippen molar-refractivity contribution in [2.24, 2.45) is 11.8 Å². The number of nitrogens with zero attached hydrogens (tertiary/aromatic N) is 2. The molecule has 0 spiro atoms. The Morgan fingerprint density at radius 3 is 2.47 bits per heavy atom. The summed E-state index contributed by atoms with van der Waals surface area (Å²) in [4.78, 5) is 31.0. The van der Waals surface area contributed by atoms with Crippen LogP contribution in [0.5, 0.6) is 10.8 Å². The number of benzene rings is 1. The van der Waals surface area contributed by atoms with Crippen molar-refractivity contribution in [3.05, 3.63) is 40.3 Å². The van der Waals surface area contributed by atoms with Crippen LogP contribution in [0.3, 0.4) is 0 Å². The molecular weight excluding hydrogens is 574 g/mol. The number of methoxy groups -OCH3 is 2. The number of ether oxygens (including phenoxy) is 3. The van der Waals surface area contributed by atoms with Gasteiger partial charge in [-0.25, -0.2) is 8.78 Å². The van der Waals surface area contributed by atoms with Gasteiger partial charge >= 0.3 is 0 Å². The molecule has 43 heavy (non-hydrogen) atoms. The summed E-state index contributed by atoms with van der Waals surface area (Å²) in [6, 6.07) is 6.97. The first-order valence-electron chi connectivity index (χ1n) is 15.5. The number of alkyl halides is 2. The molecule has 0 N–H and O–H groups in total. The van der Waals surface area contributed by atoms with E-state index in [4.69, 9.17) is 14.2 Å². The molecule has 1 aliphatic heterocycles. The van der Waals surface area contributed by atoms with Crippen molar-refractivity contribution in [2.75, 3.05) is 45.4 Å². The Morgan fingerprint density at radius 1 is 1.12 bits per heavy atom. The number of carbonyl (C=O) groups excluding carboxylic acids is 2. The fourth-order valence-electron chi connectivity index (χ4n) is 6.48. The van der Waals surface area contributed by atoms with Gasteiger partial charge in [0.2, 0.25) is 5.91 Å². The predicted molar refractivity (Wildman–Crippen MR) is 164 cm³/mol. The maximum atomic E-state index is 14.0. The van der Waals surface area contributed by atoms with E-state index in [1.54, 1.807) is 37.3 Å². The molecule has 3 aliphatic rings. The standard InChI is InChI=1S/C33H44F2N2O5S/c1-22-5-7-24(8-6-22)31(39)37(26(19-40-2)20-41-3)30-12-11-27(15-25(30)18-38)42-32-29(23-9-10-23)16-28(43-32)17-36-14-4-13-33(34,35)21-36/h11-12,15-16,18,22-24,26H,4-10,13-14,17,19-21H2,1-3H3. The SMILES string of the molecule is COCC(COC)N(C(=O)C1CCC(C)CC1)c1ccc(Oc2sc(CN3CCCC(F)(F)C3)cc2C2CC2)cc1C=O. The van der Waals surface area contributed by atoms with Crippen molar-refractivity contribution in [3.63, 3.8) is 0 Å². The number of hydrogen-bond donors (Lipinski definition) is 0. The summed E-state index contributed by atoms with van der Waals surface area (Å²) in [5.41, 5.74) is 1.97. The molecule has 0 bridgehead atoms. The van der Waals surface area contributed by atoms with Crippen LogP contribution in [0.4, 0.5) is 14.5 Å². The lowest BCUT2D eigenvalue weighted by atomic mass is 9.82. The number of anilines is 1. The average Bonchev–Trinajstić information content (AvgIpc) is 3.75. The van der Waals surface area contributed by atoms with Crippen LogP contribution >= 0.6 is 11.3 Å². The van der Waals surface area contributed by atoms with Crippen molar-refractivity contribution >= 4 is 29.2 Å². The van der Waals surface area contributed by atoms with Crippen LogP contribution in [0, 0.1) is 11.8 Å². The zero-order valence-electron chi connectivity index (χ0n) is 25.5. The Labute approximate surface area is 257 Å². The van der Waals surface area contributed by atoms with Gasteiger partial charge in [0.05, 0.1) is 31.5 Å². The summed E-state index contributed by atoms with van der Waals surface area (Å²) in [5, 5.41) is 0.742. The van der Waals surface area contributed by atoms with E-state index in [-0.39, 0.29) is 38.0 Å². The number of amides is 1. The average molecular weight is 619 g/mol. The van der Waals surface area contributed by atoms with Gasteiger partial charge in [0.25, 0.3) is 5.92 Å². The molecular formula is C33H44F2N2O5S. The first kappa shape index (κ1) is 32.0. The van der Waals surface area contributed by atoms with Crippen molar-refractivity contribution in [1.29, 1.82) is 0 Å². The molecule has 1 aromatic carbocycles. The topological polar surface area (TPSA) is 68.3 Å². The number of piperidine rings is 1. The maximum Gasteiger partial charge on any atom is 0.260 e. The van der Waals surface area contributed by atoms with Crippen LogP contribution in [0.2, 0.25) is 0 Å². The maximum absolute atomic E-state index is 14.0. The van der Waals surface area contributed by atoms with Gasteiger partial charge in [-0.3, -0.25) is 14.5 Å². The largest absolute Gasteiger partial charge is 0.446 e. The molecule has 5 rings (SSSR count). The smallest absolute Gasteiger partial charge is 0.260 e. The summed E-state index contributed by atoms with van der Waals surface area (Å²) >= 11 is 1.49. The van der Waals surface area contributed by atoms with E-state index in [0.29, 0.717) is 48.3 Å². The second kappa shape index (κ2) is 14.1. The monoisotopic (exact) mass is 618 g/mol. The third kappa shape index (κ3) is 8.01. The molecule has 0 radical (unpaired) electrons. The van der Waals surface area contributed by atoms with Crippen LogP contribution in [0.1, 0.15) is 85.0 Å². The van der Waals surface area contributed by atoms with Crippen molar-refractivity contribution in [2.45, 2.75) is 82.7 Å². The van der Waals surface area contributed by atoms with Crippen LogP contribution in [0.25, 0.3) is 0 Å². The molecule has 2 saturated carbocycles. The summed E-state index contributed by atoms with van der Waals surface area (Å²) in [6.45, 7) is 3.67. The lowest BCUT2D eigenvalue weighted by Crippen LogP contribution is -2.49. The molecule has 0 unspecified atom stereocenters. The van der Waals surface area contributed by atoms with Crippen LogP contribution in [-0.2, 0) is 20.8 Å². The van der Waals surface area contributed by atoms with E-state index in [2.05, 4.69) is 13.0 Å². The van der Waals surface area contributed by atoms with E-state index in [1.807, 2.05) is 4.90 Å². The molecule has 10 heteroatoms. The van der Waals surface area contributed by atoms with Crippen LogP contribution in [-0.4, -0.2) is 69.6 Å². The molecule has 2 heterocycles. The number of aldehydes is 1. The fraction of sp³-hybridized carbons (Fsp3) is 0.636. The van der Waals surface area contributed by atoms with Gasteiger partial charge in [0.15, 0.2) is 11.3 Å². The Bertz CT molecular complexity index is 1250. The minimum atomic E-state index is -2.64. The molecule has 1 amide bonds. The molecule has 1 saturated heterocycles. The molecule has 2 aromatic rings. The van der Waals surface area contributed by atoms with Crippen molar-refractivity contribution < 1.29 is 32.6 Å². The van der Waals surface area contributed by atoms with E-state index in [0.717, 1.165) is 60.3 Å². The van der Waals surface area contributed by atoms with Gasteiger partial charge in [0.1, 0.15) is 5.75 Å². The van der Waals surface area contributed by atoms with Gasteiger partial charge in [-0.2, -0.15) is 0 Å². The van der Waals surface area contributed by atoms with Crippen LogP contribution < -0.4 is 9.64 Å². The summed E-state index contributed by atoms with van der Waals surface area (Å²) in [6.07, 6.45) is 7.00. The predicted octanol–water partition coefficient (Wildman–Crippen LogP) is 7.28. The fourth-order valence-corrected chi connectivity index (χ4v) is 7.63. The first-order chi connectivity index (χ1) is 20.7. The Balaban J connectivity index is 1.40. The quantitative estimate of drug-likeness (QED) is 0.220. The lowest BCUT2D eigenvalue weighted by Gasteiger charge is -2.36. The highest BCUT2D eigenvalue weighted by molar-refractivity contribution is 7.14.